The highest BCUT2D eigenvalue weighted by molar-refractivity contribution is 5.49. The maximum Gasteiger partial charge on any atom is 0.390 e. The van der Waals surface area contributed by atoms with E-state index in [0.29, 0.717) is 11.6 Å². The first-order valence-electron chi connectivity index (χ1n) is 5.31. The number of pyridine rings is 1. The third-order valence-corrected chi connectivity index (χ3v) is 1.83. The van der Waals surface area contributed by atoms with E-state index in [1.807, 2.05) is 13.8 Å². The molecule has 0 aliphatic rings. The molecule has 6 heteroatoms. The van der Waals surface area contributed by atoms with E-state index in [1.165, 1.54) is 6.20 Å². The number of ether oxygens (including phenoxy) is 1. The van der Waals surface area contributed by atoms with Crippen molar-refractivity contribution in [3.8, 4) is 5.75 Å². The van der Waals surface area contributed by atoms with Crippen LogP contribution < -0.4 is 10.1 Å². The van der Waals surface area contributed by atoms with Crippen LogP contribution in [0.15, 0.2) is 18.3 Å². The minimum absolute atomic E-state index is 0.0534. The molecule has 0 saturated carbocycles. The van der Waals surface area contributed by atoms with Crippen molar-refractivity contribution in [2.24, 2.45) is 0 Å². The molecule has 17 heavy (non-hydrogen) atoms. The first kappa shape index (κ1) is 13.6. The van der Waals surface area contributed by atoms with Gasteiger partial charge in [0.05, 0.1) is 12.5 Å². The van der Waals surface area contributed by atoms with E-state index in [0.717, 1.165) is 0 Å². The number of alkyl halides is 3. The second kappa shape index (κ2) is 5.75. The van der Waals surface area contributed by atoms with Crippen LogP contribution >= 0.6 is 0 Å². The van der Waals surface area contributed by atoms with E-state index in [9.17, 15) is 13.2 Å². The molecule has 0 bridgehead atoms. The maximum absolute atomic E-state index is 12.0. The van der Waals surface area contributed by atoms with Gasteiger partial charge in [0.2, 0.25) is 0 Å². The lowest BCUT2D eigenvalue weighted by Crippen LogP contribution is -2.16. The summed E-state index contributed by atoms with van der Waals surface area (Å²) in [5.41, 5.74) is 0. The number of hydrogen-bond acceptors (Lipinski definition) is 3. The van der Waals surface area contributed by atoms with E-state index >= 15 is 0 Å². The van der Waals surface area contributed by atoms with Gasteiger partial charge in [-0.3, -0.25) is 0 Å². The van der Waals surface area contributed by atoms with Gasteiger partial charge in [-0.05, 0) is 26.0 Å². The predicted octanol–water partition coefficient (Wildman–Crippen LogP) is 3.23. The van der Waals surface area contributed by atoms with Crippen LogP contribution in [-0.2, 0) is 0 Å². The summed E-state index contributed by atoms with van der Waals surface area (Å²) in [6.07, 6.45) is -3.61. The van der Waals surface area contributed by atoms with Gasteiger partial charge in [-0.15, -0.1) is 0 Å². The summed E-state index contributed by atoms with van der Waals surface area (Å²) in [6, 6.07) is 3.34. The Morgan fingerprint density at radius 3 is 2.71 bits per heavy atom. The van der Waals surface area contributed by atoms with Gasteiger partial charge in [-0.25, -0.2) is 4.98 Å². The average Bonchev–Trinajstić information content (AvgIpc) is 2.18. The Hall–Kier alpha value is -1.46. The summed E-state index contributed by atoms with van der Waals surface area (Å²) >= 11 is 0. The third kappa shape index (κ3) is 5.42. The molecule has 0 fully saturated rings. The van der Waals surface area contributed by atoms with E-state index < -0.39 is 12.6 Å². The Morgan fingerprint density at radius 2 is 2.12 bits per heavy atom. The Bertz CT molecular complexity index is 353. The Labute approximate surface area is 98.0 Å². The Morgan fingerprint density at radius 1 is 1.41 bits per heavy atom. The second-order valence-corrected chi connectivity index (χ2v) is 3.81. The highest BCUT2D eigenvalue weighted by Crippen LogP contribution is 2.24. The van der Waals surface area contributed by atoms with E-state index in [1.54, 1.807) is 12.1 Å². The summed E-state index contributed by atoms with van der Waals surface area (Å²) in [5, 5.41) is 2.62. The van der Waals surface area contributed by atoms with E-state index in [-0.39, 0.29) is 12.6 Å². The van der Waals surface area contributed by atoms with Gasteiger partial charge < -0.3 is 10.1 Å². The van der Waals surface area contributed by atoms with Gasteiger partial charge in [-0.1, -0.05) is 0 Å². The van der Waals surface area contributed by atoms with Crippen LogP contribution in [0.1, 0.15) is 20.3 Å². The fourth-order valence-corrected chi connectivity index (χ4v) is 1.19. The number of halogens is 3. The van der Waals surface area contributed by atoms with Crippen LogP contribution in [0.5, 0.6) is 5.75 Å². The molecular formula is C11H15F3N2O. The first-order chi connectivity index (χ1) is 7.88. The molecule has 0 aliphatic carbocycles. The van der Waals surface area contributed by atoms with Crippen molar-refractivity contribution in [3.05, 3.63) is 18.3 Å². The summed E-state index contributed by atoms with van der Waals surface area (Å²) < 4.78 is 41.4. The van der Waals surface area contributed by atoms with E-state index in [4.69, 9.17) is 4.74 Å². The van der Waals surface area contributed by atoms with Gasteiger partial charge in [0.25, 0.3) is 0 Å². The van der Waals surface area contributed by atoms with Crippen molar-refractivity contribution in [3.63, 3.8) is 0 Å². The first-order valence-corrected chi connectivity index (χ1v) is 5.31. The maximum atomic E-state index is 12.0. The predicted molar refractivity (Wildman–Crippen MR) is 59.2 cm³/mol. The number of aromatic nitrogens is 1. The second-order valence-electron chi connectivity index (χ2n) is 3.81. The van der Waals surface area contributed by atoms with Gasteiger partial charge in [0.15, 0.2) is 11.6 Å². The minimum atomic E-state index is -4.17. The summed E-state index contributed by atoms with van der Waals surface area (Å²) in [7, 11) is 0. The van der Waals surface area contributed by atoms with Crippen molar-refractivity contribution in [1.82, 2.24) is 4.98 Å². The molecule has 0 spiro atoms. The smallest absolute Gasteiger partial charge is 0.390 e. The van der Waals surface area contributed by atoms with Crippen molar-refractivity contribution in [2.45, 2.75) is 32.5 Å². The standard InChI is InChI=1S/C11H15F3N2O/c1-8(2)17-9-4-3-6-15-10(9)16-7-5-11(12,13)14/h3-4,6,8H,5,7H2,1-2H3,(H,15,16). The quantitative estimate of drug-likeness (QED) is 0.868. The summed E-state index contributed by atoms with van der Waals surface area (Å²) in [4.78, 5) is 3.95. The molecule has 0 saturated heterocycles. The molecule has 1 heterocycles. The van der Waals surface area contributed by atoms with Gasteiger partial charge in [-0.2, -0.15) is 13.2 Å². The summed E-state index contributed by atoms with van der Waals surface area (Å²) in [6.45, 7) is 3.47. The highest BCUT2D eigenvalue weighted by Gasteiger charge is 2.26. The lowest BCUT2D eigenvalue weighted by Gasteiger charge is -2.14. The van der Waals surface area contributed by atoms with Crippen LogP contribution in [0.3, 0.4) is 0 Å². The number of anilines is 1. The molecule has 0 unspecified atom stereocenters. The molecular weight excluding hydrogens is 233 g/mol. The molecule has 0 radical (unpaired) electrons. The minimum Gasteiger partial charge on any atom is -0.487 e. The van der Waals surface area contributed by atoms with Crippen LogP contribution in [0, 0.1) is 0 Å². The molecule has 96 valence electrons. The van der Waals surface area contributed by atoms with Gasteiger partial charge in [0.1, 0.15) is 0 Å². The fraction of sp³-hybridized carbons (Fsp3) is 0.545. The monoisotopic (exact) mass is 248 g/mol. The number of hydrogen-bond donors (Lipinski definition) is 1. The van der Waals surface area contributed by atoms with Crippen molar-refractivity contribution in [1.29, 1.82) is 0 Å². The van der Waals surface area contributed by atoms with Crippen LogP contribution in [0.25, 0.3) is 0 Å². The van der Waals surface area contributed by atoms with Crippen LogP contribution in [0.4, 0.5) is 19.0 Å². The molecule has 0 aromatic carbocycles. The van der Waals surface area contributed by atoms with E-state index in [2.05, 4.69) is 10.3 Å². The lowest BCUT2D eigenvalue weighted by atomic mass is 10.3. The largest absolute Gasteiger partial charge is 0.487 e. The zero-order valence-corrected chi connectivity index (χ0v) is 9.71. The van der Waals surface area contributed by atoms with Crippen molar-refractivity contribution in [2.75, 3.05) is 11.9 Å². The Balaban J connectivity index is 2.58. The fourth-order valence-electron chi connectivity index (χ4n) is 1.19. The van der Waals surface area contributed by atoms with Crippen LogP contribution in [-0.4, -0.2) is 23.8 Å². The normalized spacial score (nSPS) is 11.6. The Kier molecular flexibility index (Phi) is 4.60. The van der Waals surface area contributed by atoms with Gasteiger partial charge >= 0.3 is 6.18 Å². The summed E-state index contributed by atoms with van der Waals surface area (Å²) in [5.74, 6) is 0.801. The number of nitrogens with one attached hydrogen (secondary N) is 1. The molecule has 3 nitrogen and oxygen atoms in total. The highest BCUT2D eigenvalue weighted by atomic mass is 19.4. The van der Waals surface area contributed by atoms with Gasteiger partial charge in [0, 0.05) is 12.7 Å². The molecule has 1 aromatic heterocycles. The van der Waals surface area contributed by atoms with Crippen molar-refractivity contribution >= 4 is 5.82 Å². The number of nitrogens with zero attached hydrogens (tertiary/aromatic N) is 1. The molecule has 0 atom stereocenters. The molecule has 1 aromatic rings. The SMILES string of the molecule is CC(C)Oc1cccnc1NCCC(F)(F)F. The van der Waals surface area contributed by atoms with Crippen molar-refractivity contribution < 1.29 is 17.9 Å². The molecule has 1 rings (SSSR count). The zero-order valence-electron chi connectivity index (χ0n) is 9.71. The molecule has 0 aliphatic heterocycles. The zero-order chi connectivity index (χ0) is 12.9. The average molecular weight is 248 g/mol. The topological polar surface area (TPSA) is 34.1 Å². The number of rotatable bonds is 5. The molecule has 0 amide bonds. The third-order valence-electron chi connectivity index (χ3n) is 1.83. The van der Waals surface area contributed by atoms with Crippen LogP contribution in [0.2, 0.25) is 0 Å². The lowest BCUT2D eigenvalue weighted by molar-refractivity contribution is -0.131. The molecule has 1 N–H and O–H groups in total.